The summed E-state index contributed by atoms with van der Waals surface area (Å²) < 4.78 is 1.80. The van der Waals surface area contributed by atoms with Gasteiger partial charge in [-0.15, -0.1) is 0 Å². The van der Waals surface area contributed by atoms with Crippen LogP contribution in [0, 0.1) is 0 Å². The van der Waals surface area contributed by atoms with Gasteiger partial charge in [-0.25, -0.2) is 4.79 Å². The molecule has 1 saturated heterocycles. The third-order valence-electron chi connectivity index (χ3n) is 5.06. The fourth-order valence-electron chi connectivity index (χ4n) is 3.81. The van der Waals surface area contributed by atoms with Crippen molar-refractivity contribution in [2.75, 3.05) is 32.7 Å². The van der Waals surface area contributed by atoms with E-state index >= 15 is 0 Å². The lowest BCUT2D eigenvalue weighted by molar-refractivity contribution is -0.144. The van der Waals surface area contributed by atoms with E-state index < -0.39 is 18.0 Å². The topological polar surface area (TPSA) is 86.0 Å². The van der Waals surface area contributed by atoms with Crippen molar-refractivity contribution in [3.63, 3.8) is 0 Å². The second kappa shape index (κ2) is 7.54. The van der Waals surface area contributed by atoms with Crippen molar-refractivity contribution in [2.45, 2.75) is 13.0 Å². The number of carbonyl (C=O) groups is 2. The lowest BCUT2D eigenvalue weighted by atomic mass is 10.0. The summed E-state index contributed by atoms with van der Waals surface area (Å²) in [6.07, 6.45) is 1.80. The van der Waals surface area contributed by atoms with Crippen molar-refractivity contribution < 1.29 is 19.8 Å². The molecule has 1 aliphatic rings. The van der Waals surface area contributed by atoms with Gasteiger partial charge in [0.05, 0.1) is 5.56 Å². The highest BCUT2D eigenvalue weighted by Crippen LogP contribution is 2.31. The molecule has 0 aliphatic carbocycles. The number of aromatic nitrogens is 1. The minimum Gasteiger partial charge on any atom is -0.480 e. The number of hydrogen-bond acceptors (Lipinski definition) is 4. The quantitative estimate of drug-likeness (QED) is 0.757. The zero-order valence-electron chi connectivity index (χ0n) is 15.7. The molecule has 3 rings (SSSR count). The van der Waals surface area contributed by atoms with Gasteiger partial charge in [-0.1, -0.05) is 18.2 Å². The minimum atomic E-state index is -0.997. The molecular formula is C20H25N3O4. The predicted octanol–water partition coefficient (Wildman–Crippen LogP) is 2.20. The molecule has 144 valence electrons. The summed E-state index contributed by atoms with van der Waals surface area (Å²) in [6, 6.07) is 4.07. The lowest BCUT2D eigenvalue weighted by Gasteiger charge is -2.37. The lowest BCUT2D eigenvalue weighted by Crippen LogP contribution is -2.49. The maximum absolute atomic E-state index is 12.1. The van der Waals surface area contributed by atoms with E-state index in [1.54, 1.807) is 29.9 Å². The standard InChI is InChI=1S/C20H25N3O4/c1-13(2)11-22-6-8-23(9-7-22)18(20(26)27)16-12-21(3)17-10-14(19(24)25)4-5-15(16)17/h4-5,10,12,18H,1,6-9,11H2,2-3H3,(H,24,25)(H,26,27)/t18-/m1/s1. The van der Waals surface area contributed by atoms with E-state index in [4.69, 9.17) is 0 Å². The van der Waals surface area contributed by atoms with Crippen LogP contribution in [0.4, 0.5) is 0 Å². The van der Waals surface area contributed by atoms with Crippen LogP contribution in [-0.4, -0.2) is 69.2 Å². The molecule has 0 spiro atoms. The Morgan fingerprint density at radius 1 is 1.19 bits per heavy atom. The maximum Gasteiger partial charge on any atom is 0.335 e. The highest BCUT2D eigenvalue weighted by Gasteiger charge is 2.32. The fourth-order valence-corrected chi connectivity index (χ4v) is 3.81. The molecule has 1 aromatic heterocycles. The molecule has 1 fully saturated rings. The first-order valence-electron chi connectivity index (χ1n) is 8.93. The van der Waals surface area contributed by atoms with E-state index in [1.165, 1.54) is 6.07 Å². The molecule has 0 saturated carbocycles. The van der Waals surface area contributed by atoms with E-state index in [9.17, 15) is 19.8 Å². The van der Waals surface area contributed by atoms with Crippen molar-refractivity contribution in [3.05, 3.63) is 47.7 Å². The molecule has 7 nitrogen and oxygen atoms in total. The largest absolute Gasteiger partial charge is 0.480 e. The molecule has 27 heavy (non-hydrogen) atoms. The number of rotatable bonds is 6. The molecule has 1 aliphatic heterocycles. The fraction of sp³-hybridized carbons (Fsp3) is 0.400. The van der Waals surface area contributed by atoms with Crippen LogP contribution in [0.1, 0.15) is 28.9 Å². The van der Waals surface area contributed by atoms with Gasteiger partial charge in [-0.2, -0.15) is 0 Å². The van der Waals surface area contributed by atoms with Gasteiger partial charge in [0.15, 0.2) is 0 Å². The number of hydrogen-bond donors (Lipinski definition) is 2. The Kier molecular flexibility index (Phi) is 5.34. The van der Waals surface area contributed by atoms with Crippen LogP contribution in [0.2, 0.25) is 0 Å². The van der Waals surface area contributed by atoms with E-state index in [0.717, 1.165) is 36.1 Å². The summed E-state index contributed by atoms with van der Waals surface area (Å²) in [5, 5.41) is 19.9. The number of carboxylic acids is 2. The van der Waals surface area contributed by atoms with Gasteiger partial charge in [0.2, 0.25) is 0 Å². The Morgan fingerprint density at radius 2 is 1.85 bits per heavy atom. The molecule has 7 heteroatoms. The zero-order valence-corrected chi connectivity index (χ0v) is 15.7. The first-order valence-corrected chi connectivity index (χ1v) is 8.93. The molecular weight excluding hydrogens is 346 g/mol. The third-order valence-corrected chi connectivity index (χ3v) is 5.06. The van der Waals surface area contributed by atoms with E-state index in [-0.39, 0.29) is 5.56 Å². The number of aliphatic carboxylic acids is 1. The van der Waals surface area contributed by atoms with E-state index in [0.29, 0.717) is 18.7 Å². The first-order chi connectivity index (χ1) is 12.8. The van der Waals surface area contributed by atoms with Gasteiger partial charge in [0.25, 0.3) is 0 Å². The Hall–Kier alpha value is -2.64. The summed E-state index contributed by atoms with van der Waals surface area (Å²) in [5.74, 6) is -1.89. The molecule has 2 heterocycles. The number of benzene rings is 1. The Balaban J connectivity index is 1.91. The van der Waals surface area contributed by atoms with Gasteiger partial charge >= 0.3 is 11.9 Å². The summed E-state index contributed by atoms with van der Waals surface area (Å²) in [4.78, 5) is 27.6. The number of aryl methyl sites for hydroxylation is 1. The van der Waals surface area contributed by atoms with Crippen LogP contribution < -0.4 is 0 Å². The smallest absolute Gasteiger partial charge is 0.335 e. The summed E-state index contributed by atoms with van der Waals surface area (Å²) in [6.45, 7) is 9.68. The van der Waals surface area contributed by atoms with Gasteiger partial charge in [-0.3, -0.25) is 14.6 Å². The van der Waals surface area contributed by atoms with Crippen LogP contribution in [0.15, 0.2) is 36.5 Å². The maximum atomic E-state index is 12.1. The average Bonchev–Trinajstić information content (AvgIpc) is 2.92. The molecule has 1 aromatic carbocycles. The van der Waals surface area contributed by atoms with Crippen molar-refractivity contribution in [2.24, 2.45) is 7.05 Å². The number of nitrogens with zero attached hydrogens (tertiary/aromatic N) is 3. The van der Waals surface area contributed by atoms with Gasteiger partial charge in [0.1, 0.15) is 6.04 Å². The van der Waals surface area contributed by atoms with Crippen LogP contribution >= 0.6 is 0 Å². The van der Waals surface area contributed by atoms with Crippen molar-refractivity contribution in [1.29, 1.82) is 0 Å². The summed E-state index contributed by atoms with van der Waals surface area (Å²) in [5.41, 5.74) is 2.71. The van der Waals surface area contributed by atoms with Crippen LogP contribution in [0.3, 0.4) is 0 Å². The summed E-state index contributed by atoms with van der Waals surface area (Å²) in [7, 11) is 1.81. The zero-order chi connectivity index (χ0) is 19.7. The SMILES string of the molecule is C=C(C)CN1CCN([C@@H](C(=O)O)c2cn(C)c3cc(C(=O)O)ccc23)CC1. The Bertz CT molecular complexity index is 894. The molecule has 0 radical (unpaired) electrons. The summed E-state index contributed by atoms with van der Waals surface area (Å²) >= 11 is 0. The van der Waals surface area contributed by atoms with Crippen LogP contribution in [-0.2, 0) is 11.8 Å². The van der Waals surface area contributed by atoms with Gasteiger partial charge < -0.3 is 14.8 Å². The third kappa shape index (κ3) is 3.89. The van der Waals surface area contributed by atoms with Crippen molar-refractivity contribution in [3.8, 4) is 0 Å². The highest BCUT2D eigenvalue weighted by atomic mass is 16.4. The monoisotopic (exact) mass is 371 g/mol. The molecule has 2 N–H and O–H groups in total. The number of piperazine rings is 1. The van der Waals surface area contributed by atoms with Gasteiger partial charge in [0, 0.05) is 62.4 Å². The number of aromatic carboxylic acids is 1. The van der Waals surface area contributed by atoms with E-state index in [2.05, 4.69) is 11.5 Å². The molecule has 0 amide bonds. The predicted molar refractivity (Wildman–Crippen MR) is 103 cm³/mol. The van der Waals surface area contributed by atoms with Gasteiger partial charge in [-0.05, 0) is 19.1 Å². The number of carboxylic acid groups (broad SMARTS) is 2. The second-order valence-electron chi connectivity index (χ2n) is 7.24. The van der Waals surface area contributed by atoms with Crippen LogP contribution in [0.5, 0.6) is 0 Å². The molecule has 0 unspecified atom stereocenters. The van der Waals surface area contributed by atoms with Crippen molar-refractivity contribution >= 4 is 22.8 Å². The first kappa shape index (κ1) is 19.1. The average molecular weight is 371 g/mol. The second-order valence-corrected chi connectivity index (χ2v) is 7.24. The number of fused-ring (bicyclic) bond motifs is 1. The Morgan fingerprint density at radius 3 is 2.41 bits per heavy atom. The minimum absolute atomic E-state index is 0.190. The molecule has 0 bridgehead atoms. The Labute approximate surface area is 158 Å². The normalized spacial score (nSPS) is 17.1. The van der Waals surface area contributed by atoms with E-state index in [1.807, 2.05) is 11.8 Å². The van der Waals surface area contributed by atoms with Crippen LogP contribution in [0.25, 0.3) is 10.9 Å². The highest BCUT2D eigenvalue weighted by molar-refractivity contribution is 5.96. The molecule has 2 aromatic rings. The van der Waals surface area contributed by atoms with Crippen molar-refractivity contribution in [1.82, 2.24) is 14.4 Å². The molecule has 1 atom stereocenters.